The van der Waals surface area contributed by atoms with Gasteiger partial charge in [-0.2, -0.15) is 8.42 Å². The van der Waals surface area contributed by atoms with E-state index >= 15 is 0 Å². The molecule has 0 atom stereocenters. The zero-order chi connectivity index (χ0) is 7.61. The van der Waals surface area contributed by atoms with Crippen LogP contribution in [0.5, 0.6) is 0 Å². The summed E-state index contributed by atoms with van der Waals surface area (Å²) >= 11 is 0. The van der Waals surface area contributed by atoms with Gasteiger partial charge in [0.05, 0.1) is 5.75 Å². The first-order chi connectivity index (χ1) is 4.58. The number of hydrogen-bond acceptors (Lipinski definition) is 3. The van der Waals surface area contributed by atoms with Crippen molar-refractivity contribution in [2.75, 3.05) is 18.8 Å². The molecule has 4 nitrogen and oxygen atoms in total. The molecule has 1 rings (SSSR count). The molecular formula is C5H9NO3S. The molecule has 0 amide bonds. The first-order valence-electron chi connectivity index (χ1n) is 2.92. The van der Waals surface area contributed by atoms with E-state index in [0.717, 1.165) is 18.7 Å². The summed E-state index contributed by atoms with van der Waals surface area (Å²) in [5.74, 6) is -0.260. The summed E-state index contributed by atoms with van der Waals surface area (Å²) in [6.07, 6.45) is 1.53. The Morgan fingerprint density at radius 1 is 1.60 bits per heavy atom. The van der Waals surface area contributed by atoms with Gasteiger partial charge in [0.15, 0.2) is 0 Å². The van der Waals surface area contributed by atoms with Crippen LogP contribution < -0.4 is 5.32 Å². The monoisotopic (exact) mass is 163 g/mol. The number of hydrogen-bond donors (Lipinski definition) is 2. The lowest BCUT2D eigenvalue weighted by molar-refractivity contribution is 0.486. The van der Waals surface area contributed by atoms with Crippen molar-refractivity contribution in [3.63, 3.8) is 0 Å². The second-order valence-corrected chi connectivity index (χ2v) is 3.71. The normalized spacial score (nSPS) is 18.3. The summed E-state index contributed by atoms with van der Waals surface area (Å²) in [5, 5.41) is 2.95. The van der Waals surface area contributed by atoms with Crippen LogP contribution in [0.25, 0.3) is 0 Å². The highest BCUT2D eigenvalue weighted by molar-refractivity contribution is 7.85. The average Bonchev–Trinajstić information content (AvgIpc) is 1.56. The molecule has 0 aromatic heterocycles. The second kappa shape index (κ2) is 2.69. The molecule has 1 saturated heterocycles. The summed E-state index contributed by atoms with van der Waals surface area (Å²) in [7, 11) is -3.80. The molecule has 1 fully saturated rings. The fourth-order valence-corrected chi connectivity index (χ4v) is 1.08. The van der Waals surface area contributed by atoms with Crippen LogP contribution in [0.3, 0.4) is 0 Å². The van der Waals surface area contributed by atoms with Gasteiger partial charge in [-0.15, -0.1) is 0 Å². The lowest BCUT2D eigenvalue weighted by Gasteiger charge is -2.17. The van der Waals surface area contributed by atoms with E-state index in [9.17, 15) is 8.42 Å². The van der Waals surface area contributed by atoms with Gasteiger partial charge < -0.3 is 5.32 Å². The van der Waals surface area contributed by atoms with E-state index in [1.165, 1.54) is 6.08 Å². The largest absolute Gasteiger partial charge is 0.309 e. The topological polar surface area (TPSA) is 66.4 Å². The van der Waals surface area contributed by atoms with E-state index in [-0.39, 0.29) is 5.75 Å². The Labute approximate surface area is 59.7 Å². The molecule has 0 spiro atoms. The third kappa shape index (κ3) is 2.47. The van der Waals surface area contributed by atoms with Crippen molar-refractivity contribution in [2.24, 2.45) is 0 Å². The maximum Gasteiger partial charge on any atom is 0.268 e. The zero-order valence-corrected chi connectivity index (χ0v) is 6.19. The molecule has 0 bridgehead atoms. The summed E-state index contributed by atoms with van der Waals surface area (Å²) in [6.45, 7) is 1.49. The summed E-state index contributed by atoms with van der Waals surface area (Å²) in [5.41, 5.74) is 1.04. The van der Waals surface area contributed by atoms with E-state index in [0.29, 0.717) is 0 Å². The number of nitrogens with one attached hydrogen (secondary N) is 1. The molecule has 1 aliphatic heterocycles. The Kier molecular flexibility index (Phi) is 2.08. The molecule has 1 aliphatic rings. The van der Waals surface area contributed by atoms with Crippen LogP contribution in [-0.2, 0) is 10.1 Å². The van der Waals surface area contributed by atoms with Crippen molar-refractivity contribution >= 4 is 10.1 Å². The number of rotatable bonds is 2. The maximum absolute atomic E-state index is 10.2. The molecule has 0 aromatic carbocycles. The first kappa shape index (κ1) is 7.71. The van der Waals surface area contributed by atoms with Crippen molar-refractivity contribution < 1.29 is 13.0 Å². The third-order valence-corrected chi connectivity index (χ3v) is 1.87. The Hall–Kier alpha value is -0.390. The van der Waals surface area contributed by atoms with Crippen LogP contribution in [0.2, 0.25) is 0 Å². The predicted octanol–water partition coefficient (Wildman–Crippen LogP) is -0.596. The minimum Gasteiger partial charge on any atom is -0.309 e. The molecule has 10 heavy (non-hydrogen) atoms. The van der Waals surface area contributed by atoms with Crippen molar-refractivity contribution in [1.29, 1.82) is 0 Å². The molecule has 0 unspecified atom stereocenters. The highest BCUT2D eigenvalue weighted by atomic mass is 32.2. The van der Waals surface area contributed by atoms with Crippen LogP contribution in [-0.4, -0.2) is 31.8 Å². The van der Waals surface area contributed by atoms with Gasteiger partial charge in [-0.05, 0) is 5.57 Å². The highest BCUT2D eigenvalue weighted by Crippen LogP contribution is 2.00. The molecule has 5 heteroatoms. The molecular weight excluding hydrogens is 154 g/mol. The van der Waals surface area contributed by atoms with Crippen LogP contribution in [0.1, 0.15) is 0 Å². The molecule has 1 heterocycles. The van der Waals surface area contributed by atoms with E-state index in [1.54, 1.807) is 0 Å². The Bertz CT molecular complexity index is 236. The van der Waals surface area contributed by atoms with Crippen molar-refractivity contribution in [1.82, 2.24) is 5.32 Å². The standard InChI is InChI=1S/C5H9NO3S/c7-10(8,9)2-1-5-3-6-4-5/h1,6H,2-4H2,(H,7,8,9). The zero-order valence-electron chi connectivity index (χ0n) is 5.37. The van der Waals surface area contributed by atoms with Crippen molar-refractivity contribution in [2.45, 2.75) is 0 Å². The van der Waals surface area contributed by atoms with Crippen LogP contribution in [0.15, 0.2) is 11.6 Å². The smallest absolute Gasteiger partial charge is 0.268 e. The van der Waals surface area contributed by atoms with Crippen LogP contribution in [0, 0.1) is 0 Å². The van der Waals surface area contributed by atoms with E-state index in [2.05, 4.69) is 5.32 Å². The second-order valence-electron chi connectivity index (χ2n) is 2.21. The predicted molar refractivity (Wildman–Crippen MR) is 37.4 cm³/mol. The van der Waals surface area contributed by atoms with Gasteiger partial charge in [-0.1, -0.05) is 6.08 Å². The molecule has 0 aromatic rings. The Morgan fingerprint density at radius 3 is 2.50 bits per heavy atom. The molecule has 0 saturated carbocycles. The van der Waals surface area contributed by atoms with Gasteiger partial charge in [0, 0.05) is 13.1 Å². The molecule has 0 aliphatic carbocycles. The first-order valence-corrected chi connectivity index (χ1v) is 4.52. The van der Waals surface area contributed by atoms with E-state index in [4.69, 9.17) is 4.55 Å². The van der Waals surface area contributed by atoms with Crippen LogP contribution >= 0.6 is 0 Å². The Morgan fingerprint density at radius 2 is 2.20 bits per heavy atom. The van der Waals surface area contributed by atoms with Gasteiger partial charge in [0.1, 0.15) is 0 Å². The highest BCUT2D eigenvalue weighted by Gasteiger charge is 2.08. The van der Waals surface area contributed by atoms with Crippen molar-refractivity contribution in [3.05, 3.63) is 11.6 Å². The molecule has 2 N–H and O–H groups in total. The van der Waals surface area contributed by atoms with Gasteiger partial charge in [-0.3, -0.25) is 4.55 Å². The SMILES string of the molecule is O=S(=O)(O)CC=C1CNC1. The lowest BCUT2D eigenvalue weighted by Crippen LogP contribution is -2.34. The maximum atomic E-state index is 10.2. The van der Waals surface area contributed by atoms with E-state index in [1.807, 2.05) is 0 Å². The van der Waals surface area contributed by atoms with Gasteiger partial charge in [-0.25, -0.2) is 0 Å². The quantitative estimate of drug-likeness (QED) is 0.421. The van der Waals surface area contributed by atoms with Gasteiger partial charge in [0.25, 0.3) is 10.1 Å². The average molecular weight is 163 g/mol. The third-order valence-electron chi connectivity index (χ3n) is 1.29. The fraction of sp³-hybridized carbons (Fsp3) is 0.600. The fourth-order valence-electron chi connectivity index (χ4n) is 0.637. The van der Waals surface area contributed by atoms with E-state index < -0.39 is 10.1 Å². The summed E-state index contributed by atoms with van der Waals surface area (Å²) < 4.78 is 28.6. The minimum absolute atomic E-state index is 0.260. The van der Waals surface area contributed by atoms with Crippen molar-refractivity contribution in [3.8, 4) is 0 Å². The lowest BCUT2D eigenvalue weighted by atomic mass is 10.1. The Balaban J connectivity index is 2.41. The van der Waals surface area contributed by atoms with Crippen LogP contribution in [0.4, 0.5) is 0 Å². The van der Waals surface area contributed by atoms with Gasteiger partial charge >= 0.3 is 0 Å². The summed E-state index contributed by atoms with van der Waals surface area (Å²) in [6, 6.07) is 0. The molecule has 0 radical (unpaired) electrons. The summed E-state index contributed by atoms with van der Waals surface area (Å²) in [4.78, 5) is 0. The minimum atomic E-state index is -3.80. The van der Waals surface area contributed by atoms with Gasteiger partial charge in [0.2, 0.25) is 0 Å². The molecule has 58 valence electrons.